The molecule has 0 unspecified atom stereocenters. The quantitative estimate of drug-likeness (QED) is 0.791. The van der Waals surface area contributed by atoms with E-state index in [4.69, 9.17) is 5.11 Å². The van der Waals surface area contributed by atoms with Crippen molar-refractivity contribution in [2.75, 3.05) is 19.0 Å². The molecule has 2 heteroatoms. The molecule has 1 N–H and O–H groups in total. The van der Waals surface area contributed by atoms with Gasteiger partial charge in [0.05, 0.1) is 6.10 Å². The van der Waals surface area contributed by atoms with Crippen molar-refractivity contribution in [3.8, 4) is 0 Å². The van der Waals surface area contributed by atoms with E-state index in [2.05, 4.69) is 29.2 Å². The van der Waals surface area contributed by atoms with Gasteiger partial charge in [0.25, 0.3) is 0 Å². The third-order valence-electron chi connectivity index (χ3n) is 2.30. The topological polar surface area (TPSA) is 23.5 Å². The monoisotopic (exact) mass is 193 g/mol. The first-order chi connectivity index (χ1) is 6.59. The third-order valence-corrected chi connectivity index (χ3v) is 2.30. The highest BCUT2D eigenvalue weighted by molar-refractivity contribution is 5.45. The average Bonchev–Trinajstić information content (AvgIpc) is 2.15. The molecule has 0 bridgehead atoms. The van der Waals surface area contributed by atoms with E-state index >= 15 is 0 Å². The summed E-state index contributed by atoms with van der Waals surface area (Å²) in [6.07, 6.45) is 1.58. The van der Waals surface area contributed by atoms with E-state index in [1.54, 1.807) is 0 Å². The van der Waals surface area contributed by atoms with Crippen LogP contribution in [0.4, 0.5) is 5.69 Å². The minimum Gasteiger partial charge on any atom is -0.393 e. The van der Waals surface area contributed by atoms with E-state index in [0.717, 1.165) is 12.8 Å². The molecule has 14 heavy (non-hydrogen) atoms. The molecule has 0 aliphatic heterocycles. The molecule has 78 valence electrons. The Morgan fingerprint density at radius 3 is 2.21 bits per heavy atom. The maximum absolute atomic E-state index is 9.15. The van der Waals surface area contributed by atoms with Crippen molar-refractivity contribution < 1.29 is 5.11 Å². The number of nitrogens with zero attached hydrogens (tertiary/aromatic N) is 1. The van der Waals surface area contributed by atoms with Gasteiger partial charge in [-0.1, -0.05) is 12.1 Å². The third kappa shape index (κ3) is 3.38. The molecule has 0 heterocycles. The average molecular weight is 193 g/mol. The molecule has 1 aromatic carbocycles. The fraction of sp³-hybridized carbons (Fsp3) is 0.500. The van der Waals surface area contributed by atoms with Crippen molar-refractivity contribution in [2.45, 2.75) is 25.9 Å². The molecule has 1 rings (SSSR count). The van der Waals surface area contributed by atoms with Gasteiger partial charge in [0.15, 0.2) is 0 Å². The minimum absolute atomic E-state index is 0.205. The van der Waals surface area contributed by atoms with Crippen LogP contribution in [0.5, 0.6) is 0 Å². The molecule has 0 spiro atoms. The summed E-state index contributed by atoms with van der Waals surface area (Å²) in [6, 6.07) is 8.46. The van der Waals surface area contributed by atoms with Gasteiger partial charge in [0, 0.05) is 19.8 Å². The molecule has 0 saturated heterocycles. The van der Waals surface area contributed by atoms with Crippen LogP contribution in [-0.4, -0.2) is 25.3 Å². The number of hydrogen-bond donors (Lipinski definition) is 1. The lowest BCUT2D eigenvalue weighted by atomic mass is 10.1. The van der Waals surface area contributed by atoms with Crippen LogP contribution in [0.15, 0.2) is 24.3 Å². The molecule has 0 aliphatic carbocycles. The summed E-state index contributed by atoms with van der Waals surface area (Å²) in [4.78, 5) is 2.08. The summed E-state index contributed by atoms with van der Waals surface area (Å²) in [5, 5.41) is 9.15. The molecule has 0 amide bonds. The first kappa shape index (κ1) is 11.1. The van der Waals surface area contributed by atoms with E-state index in [9.17, 15) is 0 Å². The van der Waals surface area contributed by atoms with Crippen LogP contribution in [0.25, 0.3) is 0 Å². The highest BCUT2D eigenvalue weighted by Gasteiger charge is 1.99. The van der Waals surface area contributed by atoms with E-state index in [1.165, 1.54) is 11.3 Å². The van der Waals surface area contributed by atoms with E-state index in [0.29, 0.717) is 0 Å². The second-order valence-electron chi connectivity index (χ2n) is 3.95. The number of rotatable bonds is 4. The molecule has 2 nitrogen and oxygen atoms in total. The predicted octanol–water partition coefficient (Wildman–Crippen LogP) is 2.07. The van der Waals surface area contributed by atoms with Gasteiger partial charge < -0.3 is 10.0 Å². The molecule has 0 saturated carbocycles. The Labute approximate surface area is 86.2 Å². The van der Waals surface area contributed by atoms with Gasteiger partial charge in [0.2, 0.25) is 0 Å². The fourth-order valence-corrected chi connectivity index (χ4v) is 1.34. The van der Waals surface area contributed by atoms with Gasteiger partial charge in [-0.3, -0.25) is 0 Å². The summed E-state index contributed by atoms with van der Waals surface area (Å²) < 4.78 is 0. The SMILES string of the molecule is C[C@@H](O)CCc1ccc(N(C)C)cc1. The lowest BCUT2D eigenvalue weighted by Crippen LogP contribution is -2.08. The molecule has 0 radical (unpaired) electrons. The maximum Gasteiger partial charge on any atom is 0.0515 e. The van der Waals surface area contributed by atoms with E-state index < -0.39 is 0 Å². The summed E-state index contributed by atoms with van der Waals surface area (Å²) in [7, 11) is 4.07. The van der Waals surface area contributed by atoms with Gasteiger partial charge in [0.1, 0.15) is 0 Å². The van der Waals surface area contributed by atoms with Crippen LogP contribution in [0.1, 0.15) is 18.9 Å². The van der Waals surface area contributed by atoms with Crippen LogP contribution in [0, 0.1) is 0 Å². The number of anilines is 1. The zero-order valence-corrected chi connectivity index (χ0v) is 9.20. The number of aryl methyl sites for hydroxylation is 1. The second kappa shape index (κ2) is 5.01. The fourth-order valence-electron chi connectivity index (χ4n) is 1.34. The first-order valence-electron chi connectivity index (χ1n) is 5.04. The van der Waals surface area contributed by atoms with Gasteiger partial charge in [-0.05, 0) is 37.5 Å². The zero-order valence-electron chi connectivity index (χ0n) is 9.20. The van der Waals surface area contributed by atoms with Crippen molar-refractivity contribution in [1.29, 1.82) is 0 Å². The van der Waals surface area contributed by atoms with Crippen LogP contribution >= 0.6 is 0 Å². The van der Waals surface area contributed by atoms with Crippen molar-refractivity contribution in [1.82, 2.24) is 0 Å². The summed E-state index contributed by atoms with van der Waals surface area (Å²) in [5.41, 5.74) is 2.50. The van der Waals surface area contributed by atoms with Crippen molar-refractivity contribution in [3.05, 3.63) is 29.8 Å². The van der Waals surface area contributed by atoms with Gasteiger partial charge in [-0.2, -0.15) is 0 Å². The first-order valence-corrected chi connectivity index (χ1v) is 5.04. The Hall–Kier alpha value is -1.02. The Morgan fingerprint density at radius 2 is 1.79 bits per heavy atom. The van der Waals surface area contributed by atoms with Crippen molar-refractivity contribution >= 4 is 5.69 Å². The molecule has 0 aliphatic rings. The number of benzene rings is 1. The molecule has 1 atom stereocenters. The van der Waals surface area contributed by atoms with E-state index in [1.807, 2.05) is 21.0 Å². The van der Waals surface area contributed by atoms with Gasteiger partial charge >= 0.3 is 0 Å². The lowest BCUT2D eigenvalue weighted by Gasteiger charge is -2.12. The normalized spacial score (nSPS) is 12.6. The number of aliphatic hydroxyl groups is 1. The highest BCUT2D eigenvalue weighted by Crippen LogP contribution is 2.13. The number of aliphatic hydroxyl groups excluding tert-OH is 1. The maximum atomic E-state index is 9.15. The summed E-state index contributed by atoms with van der Waals surface area (Å²) in [6.45, 7) is 1.83. The Kier molecular flexibility index (Phi) is 3.96. The van der Waals surface area contributed by atoms with Gasteiger partial charge in [-0.25, -0.2) is 0 Å². The van der Waals surface area contributed by atoms with Crippen LogP contribution in [0.3, 0.4) is 0 Å². The van der Waals surface area contributed by atoms with Crippen LogP contribution < -0.4 is 4.90 Å². The molecular formula is C12H19NO. The second-order valence-corrected chi connectivity index (χ2v) is 3.95. The van der Waals surface area contributed by atoms with Gasteiger partial charge in [-0.15, -0.1) is 0 Å². The molecule has 0 aromatic heterocycles. The Bertz CT molecular complexity index is 264. The molecular weight excluding hydrogens is 174 g/mol. The van der Waals surface area contributed by atoms with E-state index in [-0.39, 0.29) is 6.10 Å². The van der Waals surface area contributed by atoms with Crippen molar-refractivity contribution in [2.24, 2.45) is 0 Å². The number of hydrogen-bond acceptors (Lipinski definition) is 2. The highest BCUT2D eigenvalue weighted by atomic mass is 16.3. The molecule has 1 aromatic rings. The smallest absolute Gasteiger partial charge is 0.0515 e. The summed E-state index contributed by atoms with van der Waals surface area (Å²) >= 11 is 0. The predicted molar refractivity (Wildman–Crippen MR) is 60.8 cm³/mol. The standard InChI is InChI=1S/C12H19NO/c1-10(14)4-5-11-6-8-12(9-7-11)13(2)3/h6-10,14H,4-5H2,1-3H3/t10-/m1/s1. The largest absolute Gasteiger partial charge is 0.393 e. The minimum atomic E-state index is -0.205. The van der Waals surface area contributed by atoms with Crippen LogP contribution in [0.2, 0.25) is 0 Å². The molecule has 0 fully saturated rings. The Morgan fingerprint density at radius 1 is 1.21 bits per heavy atom. The summed E-state index contributed by atoms with van der Waals surface area (Å²) in [5.74, 6) is 0. The Balaban J connectivity index is 2.55. The van der Waals surface area contributed by atoms with Crippen LogP contribution in [-0.2, 0) is 6.42 Å². The van der Waals surface area contributed by atoms with Crippen molar-refractivity contribution in [3.63, 3.8) is 0 Å². The zero-order chi connectivity index (χ0) is 10.6. The lowest BCUT2D eigenvalue weighted by molar-refractivity contribution is 0.185.